The average molecular weight is 445 g/mol. The summed E-state index contributed by atoms with van der Waals surface area (Å²) >= 11 is 1.79. The Bertz CT molecular complexity index is 584. The van der Waals surface area contributed by atoms with Crippen LogP contribution in [-0.2, 0) is 13.0 Å². The second-order valence-electron chi connectivity index (χ2n) is 5.01. The first-order chi connectivity index (χ1) is 10.7. The molecule has 0 aliphatic heterocycles. The topological polar surface area (TPSA) is 36.9 Å². The van der Waals surface area contributed by atoms with Crippen molar-refractivity contribution in [2.24, 2.45) is 4.99 Å². The lowest BCUT2D eigenvalue weighted by atomic mass is 10.2. The largest absolute Gasteiger partial charge is 0.497 e. The molecule has 0 saturated carbocycles. The van der Waals surface area contributed by atoms with Gasteiger partial charge in [-0.1, -0.05) is 18.2 Å². The molecule has 0 saturated heterocycles. The van der Waals surface area contributed by atoms with Crippen LogP contribution in [0.3, 0.4) is 0 Å². The SMILES string of the molecule is CN=C(NCCc1cccs1)N(C)Cc1ccc(OC)cc1.I. The number of guanidine groups is 1. The minimum absolute atomic E-state index is 0. The minimum Gasteiger partial charge on any atom is -0.497 e. The summed E-state index contributed by atoms with van der Waals surface area (Å²) < 4.78 is 5.18. The van der Waals surface area contributed by atoms with Gasteiger partial charge < -0.3 is 15.0 Å². The van der Waals surface area contributed by atoms with Gasteiger partial charge in [-0.25, -0.2) is 0 Å². The normalized spacial score (nSPS) is 10.8. The van der Waals surface area contributed by atoms with E-state index in [2.05, 4.69) is 44.9 Å². The fourth-order valence-corrected chi connectivity index (χ4v) is 2.93. The Morgan fingerprint density at radius 1 is 1.26 bits per heavy atom. The molecule has 0 unspecified atom stereocenters. The van der Waals surface area contributed by atoms with Crippen molar-refractivity contribution < 1.29 is 4.74 Å². The molecule has 0 aliphatic carbocycles. The van der Waals surface area contributed by atoms with Gasteiger partial charge in [0, 0.05) is 32.1 Å². The Morgan fingerprint density at radius 2 is 2.00 bits per heavy atom. The molecule has 2 rings (SSSR count). The number of halogens is 1. The molecule has 0 radical (unpaired) electrons. The lowest BCUT2D eigenvalue weighted by Crippen LogP contribution is -2.39. The fraction of sp³-hybridized carbons (Fsp3) is 0.353. The molecule has 0 fully saturated rings. The molecule has 1 N–H and O–H groups in total. The Kier molecular flexibility index (Phi) is 9.01. The number of hydrogen-bond acceptors (Lipinski definition) is 3. The number of nitrogens with zero attached hydrogens (tertiary/aromatic N) is 2. The number of hydrogen-bond donors (Lipinski definition) is 1. The molecule has 126 valence electrons. The first-order valence-electron chi connectivity index (χ1n) is 7.30. The number of aliphatic imine (C=N–C) groups is 1. The molecule has 2 aromatic rings. The molecular weight excluding hydrogens is 421 g/mol. The zero-order valence-corrected chi connectivity index (χ0v) is 16.9. The van der Waals surface area contributed by atoms with Crippen LogP contribution < -0.4 is 10.1 Å². The van der Waals surface area contributed by atoms with Gasteiger partial charge in [-0.15, -0.1) is 35.3 Å². The monoisotopic (exact) mass is 445 g/mol. The molecule has 1 aromatic carbocycles. The summed E-state index contributed by atoms with van der Waals surface area (Å²) in [6, 6.07) is 12.4. The molecule has 23 heavy (non-hydrogen) atoms. The number of thiophene rings is 1. The van der Waals surface area contributed by atoms with Gasteiger partial charge in [0.15, 0.2) is 5.96 Å². The van der Waals surface area contributed by atoms with Crippen molar-refractivity contribution >= 4 is 41.3 Å². The van der Waals surface area contributed by atoms with E-state index in [0.29, 0.717) is 0 Å². The molecule has 0 bridgehead atoms. The third kappa shape index (κ3) is 6.39. The van der Waals surface area contributed by atoms with Crippen molar-refractivity contribution in [1.82, 2.24) is 10.2 Å². The van der Waals surface area contributed by atoms with E-state index in [0.717, 1.165) is 31.2 Å². The van der Waals surface area contributed by atoms with E-state index in [4.69, 9.17) is 4.74 Å². The summed E-state index contributed by atoms with van der Waals surface area (Å²) in [6.07, 6.45) is 1.02. The highest BCUT2D eigenvalue weighted by atomic mass is 127. The van der Waals surface area contributed by atoms with Crippen LogP contribution in [0.25, 0.3) is 0 Å². The summed E-state index contributed by atoms with van der Waals surface area (Å²) in [5.41, 5.74) is 1.23. The van der Waals surface area contributed by atoms with E-state index in [1.54, 1.807) is 18.4 Å². The Labute approximate surface area is 159 Å². The first-order valence-corrected chi connectivity index (χ1v) is 8.18. The van der Waals surface area contributed by atoms with E-state index in [1.807, 2.05) is 26.2 Å². The van der Waals surface area contributed by atoms with Crippen molar-refractivity contribution in [3.8, 4) is 5.75 Å². The lowest BCUT2D eigenvalue weighted by molar-refractivity contribution is 0.414. The highest BCUT2D eigenvalue weighted by molar-refractivity contribution is 14.0. The molecular formula is C17H24IN3OS. The van der Waals surface area contributed by atoms with Gasteiger partial charge in [-0.3, -0.25) is 4.99 Å². The standard InChI is InChI=1S/C17H23N3OS.HI/c1-18-17(19-11-10-16-5-4-12-22-16)20(2)13-14-6-8-15(21-3)9-7-14;/h4-9,12H,10-11,13H2,1-3H3,(H,18,19);1H. The quantitative estimate of drug-likeness (QED) is 0.419. The number of ether oxygens (including phenoxy) is 1. The van der Waals surface area contributed by atoms with Crippen molar-refractivity contribution in [3.63, 3.8) is 0 Å². The van der Waals surface area contributed by atoms with E-state index in [-0.39, 0.29) is 24.0 Å². The summed E-state index contributed by atoms with van der Waals surface area (Å²) in [7, 11) is 5.54. The van der Waals surface area contributed by atoms with Crippen molar-refractivity contribution in [3.05, 3.63) is 52.2 Å². The summed E-state index contributed by atoms with van der Waals surface area (Å²) in [5.74, 6) is 1.79. The molecule has 1 heterocycles. The number of rotatable bonds is 6. The Morgan fingerprint density at radius 3 is 2.57 bits per heavy atom. The van der Waals surface area contributed by atoms with Crippen LogP contribution in [0.5, 0.6) is 5.75 Å². The smallest absolute Gasteiger partial charge is 0.193 e. The lowest BCUT2D eigenvalue weighted by Gasteiger charge is -2.22. The zero-order valence-electron chi connectivity index (χ0n) is 13.8. The third-order valence-corrected chi connectivity index (χ3v) is 4.32. The van der Waals surface area contributed by atoms with Crippen LogP contribution in [0.4, 0.5) is 0 Å². The maximum Gasteiger partial charge on any atom is 0.193 e. The van der Waals surface area contributed by atoms with E-state index in [9.17, 15) is 0 Å². The Hall–Kier alpha value is -1.28. The van der Waals surface area contributed by atoms with Gasteiger partial charge in [0.1, 0.15) is 5.75 Å². The van der Waals surface area contributed by atoms with E-state index >= 15 is 0 Å². The predicted octanol–water partition coefficient (Wildman–Crippen LogP) is 3.62. The highest BCUT2D eigenvalue weighted by Crippen LogP contribution is 2.12. The van der Waals surface area contributed by atoms with Crippen molar-refractivity contribution in [2.75, 3.05) is 27.7 Å². The Balaban J connectivity index is 0.00000264. The fourth-order valence-electron chi connectivity index (χ4n) is 2.22. The number of benzene rings is 1. The summed E-state index contributed by atoms with van der Waals surface area (Å²) in [6.45, 7) is 1.70. The second kappa shape index (κ2) is 10.5. The van der Waals surface area contributed by atoms with Crippen LogP contribution in [0.2, 0.25) is 0 Å². The number of methoxy groups -OCH3 is 1. The average Bonchev–Trinajstić information content (AvgIpc) is 3.05. The van der Waals surface area contributed by atoms with Gasteiger partial charge >= 0.3 is 0 Å². The van der Waals surface area contributed by atoms with Gasteiger partial charge in [0.05, 0.1) is 7.11 Å². The van der Waals surface area contributed by atoms with Gasteiger partial charge in [0.2, 0.25) is 0 Å². The van der Waals surface area contributed by atoms with Crippen LogP contribution in [0.1, 0.15) is 10.4 Å². The maximum absolute atomic E-state index is 5.18. The molecule has 0 atom stereocenters. The van der Waals surface area contributed by atoms with Crippen molar-refractivity contribution in [2.45, 2.75) is 13.0 Å². The number of nitrogens with one attached hydrogen (secondary N) is 1. The first kappa shape index (κ1) is 19.8. The summed E-state index contributed by atoms with van der Waals surface area (Å²) in [4.78, 5) is 7.86. The highest BCUT2D eigenvalue weighted by Gasteiger charge is 2.06. The van der Waals surface area contributed by atoms with Gasteiger partial charge in [0.25, 0.3) is 0 Å². The molecule has 4 nitrogen and oxygen atoms in total. The van der Waals surface area contributed by atoms with Crippen LogP contribution in [-0.4, -0.2) is 38.6 Å². The van der Waals surface area contributed by atoms with E-state index in [1.165, 1.54) is 10.4 Å². The molecule has 0 spiro atoms. The predicted molar refractivity (Wildman–Crippen MR) is 109 cm³/mol. The van der Waals surface area contributed by atoms with Crippen molar-refractivity contribution in [1.29, 1.82) is 0 Å². The zero-order chi connectivity index (χ0) is 15.8. The van der Waals surface area contributed by atoms with Gasteiger partial charge in [-0.2, -0.15) is 0 Å². The summed E-state index contributed by atoms with van der Waals surface area (Å²) in [5, 5.41) is 5.52. The third-order valence-electron chi connectivity index (χ3n) is 3.39. The maximum atomic E-state index is 5.18. The van der Waals surface area contributed by atoms with Crippen LogP contribution in [0, 0.1) is 0 Å². The molecule has 6 heteroatoms. The van der Waals surface area contributed by atoms with E-state index < -0.39 is 0 Å². The second-order valence-corrected chi connectivity index (χ2v) is 6.04. The molecule has 0 amide bonds. The molecule has 1 aromatic heterocycles. The van der Waals surface area contributed by atoms with Crippen LogP contribution >= 0.6 is 35.3 Å². The molecule has 0 aliphatic rings. The van der Waals surface area contributed by atoms with Gasteiger partial charge in [-0.05, 0) is 35.6 Å². The minimum atomic E-state index is 0. The van der Waals surface area contributed by atoms with Crippen LogP contribution in [0.15, 0.2) is 46.8 Å².